The van der Waals surface area contributed by atoms with Crippen LogP contribution in [0, 0.1) is 0 Å². The Morgan fingerprint density at radius 2 is 0.862 bits per heavy atom. The maximum Gasteiger partial charge on any atom is 0.271 e. The maximum absolute atomic E-state index is 12.7. The van der Waals surface area contributed by atoms with Crippen LogP contribution in [-0.2, 0) is 20.0 Å². The second-order valence-electron chi connectivity index (χ2n) is 6.33. The van der Waals surface area contributed by atoms with E-state index < -0.39 is 20.0 Å². The van der Waals surface area contributed by atoms with Crippen molar-refractivity contribution in [3.8, 4) is 0 Å². The summed E-state index contributed by atoms with van der Waals surface area (Å²) in [5.74, 6) is 0. The number of halogens is 2. The van der Waals surface area contributed by atoms with Crippen LogP contribution in [0.4, 0.5) is 0 Å². The minimum Gasteiger partial charge on any atom is -0.205 e. The Kier molecular flexibility index (Phi) is 5.28. The first-order chi connectivity index (χ1) is 13.6. The molecule has 0 amide bonds. The molecule has 9 heteroatoms. The number of hydrogen-bond donors (Lipinski definition) is 0. The molecule has 0 fully saturated rings. The highest BCUT2D eigenvalue weighted by atomic mass is 79.9. The Morgan fingerprint density at radius 1 is 0.517 bits per heavy atom. The summed E-state index contributed by atoms with van der Waals surface area (Å²) < 4.78 is 55.7. The molecule has 0 N–H and O–H groups in total. The number of nitrogens with zero attached hydrogens (tertiary/aromatic N) is 1. The van der Waals surface area contributed by atoms with Gasteiger partial charge in [0.15, 0.2) is 0 Å². The van der Waals surface area contributed by atoms with Crippen molar-refractivity contribution in [1.82, 2.24) is 4.13 Å². The lowest BCUT2D eigenvalue weighted by molar-refractivity contribution is 0.576. The van der Waals surface area contributed by atoms with Crippen molar-refractivity contribution in [2.24, 2.45) is 0 Å². The topological polar surface area (TPSA) is 82.4 Å². The van der Waals surface area contributed by atoms with Gasteiger partial charge in [-0.3, -0.25) is 0 Å². The second-order valence-corrected chi connectivity index (χ2v) is 11.6. The lowest BCUT2D eigenvalue weighted by atomic mass is 10.1. The average molecular weight is 554 g/mol. The van der Waals surface area contributed by atoms with Crippen LogP contribution < -0.4 is 4.13 Å². The first-order valence-electron chi connectivity index (χ1n) is 8.27. The summed E-state index contributed by atoms with van der Waals surface area (Å²) in [7, 11) is -8.82. The van der Waals surface area contributed by atoms with E-state index in [2.05, 4.69) is 36.0 Å². The van der Waals surface area contributed by atoms with E-state index in [9.17, 15) is 16.8 Å². The van der Waals surface area contributed by atoms with Gasteiger partial charge in [0, 0.05) is 13.1 Å². The fourth-order valence-electron chi connectivity index (χ4n) is 2.93. The fraction of sp³-hybridized carbons (Fsp3) is 0. The van der Waals surface area contributed by atoms with Gasteiger partial charge in [-0.1, -0.05) is 56.1 Å². The van der Waals surface area contributed by atoms with E-state index >= 15 is 0 Å². The van der Waals surface area contributed by atoms with Crippen LogP contribution >= 0.6 is 31.9 Å². The van der Waals surface area contributed by atoms with E-state index in [1.807, 2.05) is 12.1 Å². The first kappa shape index (κ1) is 20.5. The van der Waals surface area contributed by atoms with Crippen molar-refractivity contribution in [3.63, 3.8) is 0 Å². The Balaban J connectivity index is 1.71. The van der Waals surface area contributed by atoms with Crippen LogP contribution in [0.15, 0.2) is 91.5 Å². The molecule has 29 heavy (non-hydrogen) atoms. The molecular weight excluding hydrogens is 542 g/mol. The zero-order valence-corrected chi connectivity index (χ0v) is 19.4. The highest BCUT2D eigenvalue weighted by Crippen LogP contribution is 2.26. The molecule has 0 bridgehead atoms. The van der Waals surface area contributed by atoms with Gasteiger partial charge in [-0.05, 0) is 70.1 Å². The van der Waals surface area contributed by atoms with Gasteiger partial charge in [-0.2, -0.15) is 0 Å². The predicted molar refractivity (Wildman–Crippen MR) is 120 cm³/mol. The molecule has 0 unspecified atom stereocenters. The third kappa shape index (κ3) is 4.24. The summed E-state index contributed by atoms with van der Waals surface area (Å²) >= 11 is 6.72. The lowest BCUT2D eigenvalue weighted by Gasteiger charge is -2.08. The number of benzene rings is 4. The third-order valence-corrected chi connectivity index (χ3v) is 8.60. The molecular formula is C20H12Br2NO4S2. The van der Waals surface area contributed by atoms with Crippen molar-refractivity contribution >= 4 is 73.5 Å². The number of fused-ring (bicyclic) bond motifs is 2. The van der Waals surface area contributed by atoms with Gasteiger partial charge in [-0.25, -0.2) is 16.8 Å². The summed E-state index contributed by atoms with van der Waals surface area (Å²) in [6, 6.07) is 19.5. The molecule has 0 atom stereocenters. The van der Waals surface area contributed by atoms with Gasteiger partial charge in [0.1, 0.15) is 0 Å². The van der Waals surface area contributed by atoms with Crippen LogP contribution in [0.5, 0.6) is 0 Å². The molecule has 0 aliphatic rings. The SMILES string of the molecule is O=S(=O)([N]S(=O)(=O)c1ccc2cc(Br)ccc2c1)c1ccc2cc(Br)ccc2c1. The molecule has 0 spiro atoms. The molecule has 0 saturated carbocycles. The van der Waals surface area contributed by atoms with Crippen LogP contribution in [0.2, 0.25) is 0 Å². The second kappa shape index (κ2) is 7.48. The van der Waals surface area contributed by atoms with Crippen molar-refractivity contribution in [2.45, 2.75) is 9.79 Å². The minimum absolute atomic E-state index is 0.180. The Labute approximate surface area is 185 Å². The van der Waals surface area contributed by atoms with Crippen molar-refractivity contribution in [1.29, 1.82) is 0 Å². The number of rotatable bonds is 4. The van der Waals surface area contributed by atoms with E-state index in [0.717, 1.165) is 19.7 Å². The molecule has 147 valence electrons. The summed E-state index contributed by atoms with van der Waals surface area (Å²) in [5, 5.41) is 2.97. The normalized spacial score (nSPS) is 12.5. The molecule has 0 aliphatic heterocycles. The largest absolute Gasteiger partial charge is 0.271 e. The van der Waals surface area contributed by atoms with Crippen LogP contribution in [-0.4, -0.2) is 16.8 Å². The van der Waals surface area contributed by atoms with Crippen molar-refractivity contribution < 1.29 is 16.8 Å². The Hall–Kier alpha value is -1.78. The molecule has 5 nitrogen and oxygen atoms in total. The molecule has 4 aromatic rings. The molecule has 0 aromatic heterocycles. The molecule has 0 heterocycles. The number of sulfonamides is 2. The standard InChI is InChI=1S/C20H12Br2NO4S2/c21-17-5-1-15-11-19(7-3-13(15)9-17)28(24,25)23-29(26,27)20-8-4-14-10-18(22)6-2-16(14)12-20/h1-12H. The fourth-order valence-corrected chi connectivity index (χ4v) is 6.44. The average Bonchev–Trinajstić information content (AvgIpc) is 2.66. The minimum atomic E-state index is -4.41. The summed E-state index contributed by atoms with van der Waals surface area (Å²) in [5.41, 5.74) is 0. The van der Waals surface area contributed by atoms with Crippen molar-refractivity contribution in [3.05, 3.63) is 81.7 Å². The van der Waals surface area contributed by atoms with Crippen LogP contribution in [0.25, 0.3) is 21.5 Å². The van der Waals surface area contributed by atoms with Gasteiger partial charge in [-0.15, -0.1) is 0 Å². The van der Waals surface area contributed by atoms with Crippen LogP contribution in [0.3, 0.4) is 0 Å². The highest BCUT2D eigenvalue weighted by Gasteiger charge is 2.27. The Bertz CT molecular complexity index is 1370. The van der Waals surface area contributed by atoms with Crippen molar-refractivity contribution in [2.75, 3.05) is 0 Å². The molecule has 0 saturated heterocycles. The number of hydrogen-bond acceptors (Lipinski definition) is 4. The van der Waals surface area contributed by atoms with Gasteiger partial charge in [0.25, 0.3) is 20.0 Å². The zero-order chi connectivity index (χ0) is 20.8. The van der Waals surface area contributed by atoms with E-state index in [4.69, 9.17) is 0 Å². The molecule has 0 aliphatic carbocycles. The van der Waals surface area contributed by atoms with E-state index in [0.29, 0.717) is 10.8 Å². The molecule has 4 rings (SSSR count). The highest BCUT2D eigenvalue weighted by molar-refractivity contribution is 9.10. The van der Waals surface area contributed by atoms with Gasteiger partial charge in [0.2, 0.25) is 0 Å². The van der Waals surface area contributed by atoms with Gasteiger partial charge in [0.05, 0.1) is 9.79 Å². The van der Waals surface area contributed by atoms with Crippen LogP contribution in [0.1, 0.15) is 0 Å². The first-order valence-corrected chi connectivity index (χ1v) is 12.7. The Morgan fingerprint density at radius 3 is 1.28 bits per heavy atom. The maximum atomic E-state index is 12.7. The molecule has 4 aromatic carbocycles. The summed E-state index contributed by atoms with van der Waals surface area (Å²) in [6.07, 6.45) is 0. The third-order valence-electron chi connectivity index (χ3n) is 4.34. The predicted octanol–water partition coefficient (Wildman–Crippen LogP) is 5.20. The van der Waals surface area contributed by atoms with Gasteiger partial charge >= 0.3 is 0 Å². The summed E-state index contributed by atoms with van der Waals surface area (Å²) in [4.78, 5) is -0.360. The van der Waals surface area contributed by atoms with E-state index in [1.54, 1.807) is 36.4 Å². The lowest BCUT2D eigenvalue weighted by Crippen LogP contribution is -2.23. The smallest absolute Gasteiger partial charge is 0.205 e. The van der Waals surface area contributed by atoms with Gasteiger partial charge < -0.3 is 0 Å². The summed E-state index contributed by atoms with van der Waals surface area (Å²) in [6.45, 7) is 0. The van der Waals surface area contributed by atoms with E-state index in [-0.39, 0.29) is 9.79 Å². The zero-order valence-electron chi connectivity index (χ0n) is 14.6. The molecule has 1 radical (unpaired) electrons. The monoisotopic (exact) mass is 552 g/mol. The van der Waals surface area contributed by atoms with E-state index in [1.165, 1.54) is 24.3 Å². The quantitative estimate of drug-likeness (QED) is 0.348.